The van der Waals surface area contributed by atoms with Crippen LogP contribution in [-0.2, 0) is 12.7 Å². The minimum Gasteiger partial charge on any atom is -0.497 e. The molecule has 0 aliphatic heterocycles. The number of likely N-dealkylation sites (N-methyl/N-ethyl adjacent to an activating group) is 1. The average Bonchev–Trinajstić information content (AvgIpc) is 3.17. The van der Waals surface area contributed by atoms with E-state index in [4.69, 9.17) is 4.74 Å². The van der Waals surface area contributed by atoms with Crippen LogP contribution in [0.25, 0.3) is 5.69 Å². The molecule has 0 fully saturated rings. The van der Waals surface area contributed by atoms with Crippen LogP contribution in [0.5, 0.6) is 5.75 Å². The first-order chi connectivity index (χ1) is 15.6. The molecule has 1 heterocycles. The monoisotopic (exact) mass is 461 g/mol. The van der Waals surface area contributed by atoms with E-state index in [0.717, 1.165) is 12.1 Å². The van der Waals surface area contributed by atoms with E-state index in [2.05, 4.69) is 10.3 Å². The maximum absolute atomic E-state index is 13.4. The summed E-state index contributed by atoms with van der Waals surface area (Å²) in [7, 11) is 5.27. The van der Waals surface area contributed by atoms with Gasteiger partial charge in [-0.25, -0.2) is 4.68 Å². The molecule has 0 saturated heterocycles. The Balaban J connectivity index is 1.90. The Hall–Kier alpha value is -3.40. The maximum atomic E-state index is 13.4. The van der Waals surface area contributed by atoms with Crippen LogP contribution >= 0.6 is 0 Å². The normalized spacial score (nSPS) is 11.6. The number of aromatic nitrogens is 3. The van der Waals surface area contributed by atoms with E-state index in [9.17, 15) is 18.0 Å². The zero-order valence-electron chi connectivity index (χ0n) is 18.9. The fourth-order valence-corrected chi connectivity index (χ4v) is 3.30. The number of alkyl halides is 3. The largest absolute Gasteiger partial charge is 0.497 e. The second-order valence-corrected chi connectivity index (χ2v) is 7.86. The predicted octanol–water partition coefficient (Wildman–Crippen LogP) is 3.81. The molecule has 10 heteroatoms. The van der Waals surface area contributed by atoms with Gasteiger partial charge in [-0.3, -0.25) is 4.79 Å². The van der Waals surface area contributed by atoms with Crippen LogP contribution in [-0.4, -0.2) is 65.0 Å². The number of carbonyl (C=O) groups is 1. The van der Waals surface area contributed by atoms with Crippen molar-refractivity contribution in [2.45, 2.75) is 19.6 Å². The Bertz CT molecular complexity index is 1110. The van der Waals surface area contributed by atoms with Gasteiger partial charge in [-0.05, 0) is 50.8 Å². The van der Waals surface area contributed by atoms with Crippen molar-refractivity contribution < 1.29 is 22.7 Å². The van der Waals surface area contributed by atoms with Crippen molar-refractivity contribution in [3.63, 3.8) is 0 Å². The highest BCUT2D eigenvalue weighted by atomic mass is 19.4. The second kappa shape index (κ2) is 10.0. The van der Waals surface area contributed by atoms with E-state index in [1.165, 1.54) is 15.6 Å². The number of hydrogen-bond donors (Lipinski definition) is 0. The molecular formula is C23H26F3N5O2. The molecule has 7 nitrogen and oxygen atoms in total. The highest BCUT2D eigenvalue weighted by Gasteiger charge is 2.31. The van der Waals surface area contributed by atoms with E-state index in [1.807, 2.05) is 25.1 Å². The average molecular weight is 461 g/mol. The number of ether oxygens (including phenoxy) is 1. The Morgan fingerprint density at radius 2 is 1.82 bits per heavy atom. The van der Waals surface area contributed by atoms with E-state index < -0.39 is 17.6 Å². The molecule has 0 radical (unpaired) electrons. The zero-order chi connectivity index (χ0) is 24.2. The van der Waals surface area contributed by atoms with Gasteiger partial charge in [-0.1, -0.05) is 23.4 Å². The number of benzene rings is 2. The van der Waals surface area contributed by atoms with Crippen molar-refractivity contribution in [1.82, 2.24) is 24.8 Å². The topological polar surface area (TPSA) is 63.5 Å². The minimum atomic E-state index is -4.45. The van der Waals surface area contributed by atoms with Crippen LogP contribution in [0.15, 0.2) is 48.5 Å². The number of hydrogen-bond acceptors (Lipinski definition) is 5. The van der Waals surface area contributed by atoms with Crippen LogP contribution in [0, 0.1) is 6.92 Å². The predicted molar refractivity (Wildman–Crippen MR) is 117 cm³/mol. The van der Waals surface area contributed by atoms with Crippen molar-refractivity contribution in [3.8, 4) is 11.4 Å². The van der Waals surface area contributed by atoms with Gasteiger partial charge in [0.05, 0.1) is 24.1 Å². The fourth-order valence-electron chi connectivity index (χ4n) is 3.30. The SMILES string of the molecule is COc1cccc(-n2nnc(C(=O)N(CCN(C)C)Cc3cccc(C(F)(F)F)c3)c2C)c1. The third-order valence-corrected chi connectivity index (χ3v) is 5.13. The van der Waals surface area contributed by atoms with E-state index in [0.29, 0.717) is 35.8 Å². The highest BCUT2D eigenvalue weighted by Crippen LogP contribution is 2.30. The highest BCUT2D eigenvalue weighted by molar-refractivity contribution is 5.93. The third kappa shape index (κ3) is 5.89. The van der Waals surface area contributed by atoms with Gasteiger partial charge < -0.3 is 14.5 Å². The molecule has 3 rings (SSSR count). The van der Waals surface area contributed by atoms with Crippen molar-refractivity contribution in [2.24, 2.45) is 0 Å². The molecule has 176 valence electrons. The molecule has 0 atom stereocenters. The Morgan fingerprint density at radius 1 is 1.09 bits per heavy atom. The van der Waals surface area contributed by atoms with Crippen LogP contribution in [0.3, 0.4) is 0 Å². The molecule has 2 aromatic carbocycles. The summed E-state index contributed by atoms with van der Waals surface area (Å²) in [5.41, 5.74) is 0.974. The fraction of sp³-hybridized carbons (Fsp3) is 0.348. The molecule has 1 amide bonds. The molecular weight excluding hydrogens is 435 g/mol. The van der Waals surface area contributed by atoms with E-state index in [1.54, 1.807) is 38.3 Å². The lowest BCUT2D eigenvalue weighted by molar-refractivity contribution is -0.137. The number of rotatable bonds is 8. The van der Waals surface area contributed by atoms with Gasteiger partial charge in [-0.15, -0.1) is 5.10 Å². The smallest absolute Gasteiger partial charge is 0.416 e. The molecule has 33 heavy (non-hydrogen) atoms. The van der Waals surface area contributed by atoms with Gasteiger partial charge in [0.25, 0.3) is 5.91 Å². The number of methoxy groups -OCH3 is 1. The number of amides is 1. The molecule has 1 aromatic heterocycles. The van der Waals surface area contributed by atoms with E-state index in [-0.39, 0.29) is 12.2 Å². The summed E-state index contributed by atoms with van der Waals surface area (Å²) in [6.45, 7) is 2.59. The lowest BCUT2D eigenvalue weighted by Crippen LogP contribution is -2.36. The van der Waals surface area contributed by atoms with Gasteiger partial charge in [0, 0.05) is 25.7 Å². The summed E-state index contributed by atoms with van der Waals surface area (Å²) in [5, 5.41) is 8.20. The van der Waals surface area contributed by atoms with Gasteiger partial charge in [0.1, 0.15) is 5.75 Å². The number of nitrogens with zero attached hydrogens (tertiary/aromatic N) is 5. The zero-order valence-corrected chi connectivity index (χ0v) is 18.9. The summed E-state index contributed by atoms with van der Waals surface area (Å²) < 4.78 is 46.2. The summed E-state index contributed by atoms with van der Waals surface area (Å²) in [5.74, 6) is 0.230. The Morgan fingerprint density at radius 3 is 2.48 bits per heavy atom. The van der Waals surface area contributed by atoms with Gasteiger partial charge in [0.2, 0.25) is 0 Å². The van der Waals surface area contributed by atoms with Crippen LogP contribution in [0.2, 0.25) is 0 Å². The van der Waals surface area contributed by atoms with Crippen molar-refractivity contribution in [1.29, 1.82) is 0 Å². The maximum Gasteiger partial charge on any atom is 0.416 e. The minimum absolute atomic E-state index is 0.0159. The van der Waals surface area contributed by atoms with Crippen molar-refractivity contribution in [2.75, 3.05) is 34.3 Å². The number of halogens is 3. The lowest BCUT2D eigenvalue weighted by atomic mass is 10.1. The molecule has 3 aromatic rings. The van der Waals surface area contributed by atoms with Crippen LogP contribution < -0.4 is 4.74 Å². The lowest BCUT2D eigenvalue weighted by Gasteiger charge is -2.24. The quantitative estimate of drug-likeness (QED) is 0.511. The summed E-state index contributed by atoms with van der Waals surface area (Å²) >= 11 is 0. The summed E-state index contributed by atoms with van der Waals surface area (Å²) in [6.07, 6.45) is -4.45. The summed E-state index contributed by atoms with van der Waals surface area (Å²) in [6, 6.07) is 12.2. The second-order valence-electron chi connectivity index (χ2n) is 7.86. The molecule has 0 unspecified atom stereocenters. The molecule has 0 aliphatic rings. The molecule has 0 saturated carbocycles. The first-order valence-corrected chi connectivity index (χ1v) is 10.3. The summed E-state index contributed by atoms with van der Waals surface area (Å²) in [4.78, 5) is 16.8. The van der Waals surface area contributed by atoms with Crippen LogP contribution in [0.4, 0.5) is 13.2 Å². The Labute approximate surface area is 190 Å². The van der Waals surface area contributed by atoms with Gasteiger partial charge in [0.15, 0.2) is 5.69 Å². The Kier molecular flexibility index (Phi) is 7.37. The third-order valence-electron chi connectivity index (χ3n) is 5.13. The first kappa shape index (κ1) is 24.2. The first-order valence-electron chi connectivity index (χ1n) is 10.3. The standard InChI is InChI=1S/C23H26F3N5O2/c1-16-21(27-28-31(16)19-9-6-10-20(14-19)33-4)22(32)30(12-11-29(2)3)15-17-7-5-8-18(13-17)23(24,25)26/h5-10,13-14H,11-12,15H2,1-4H3. The molecule has 0 bridgehead atoms. The van der Waals surface area contributed by atoms with Crippen molar-refractivity contribution in [3.05, 3.63) is 71.0 Å². The van der Waals surface area contributed by atoms with Crippen molar-refractivity contribution >= 4 is 5.91 Å². The van der Waals surface area contributed by atoms with Gasteiger partial charge in [-0.2, -0.15) is 13.2 Å². The molecule has 0 N–H and O–H groups in total. The van der Waals surface area contributed by atoms with E-state index >= 15 is 0 Å². The molecule has 0 spiro atoms. The van der Waals surface area contributed by atoms with Crippen LogP contribution in [0.1, 0.15) is 27.3 Å². The number of carbonyl (C=O) groups excluding carboxylic acids is 1. The molecule has 0 aliphatic carbocycles. The van der Waals surface area contributed by atoms with Gasteiger partial charge >= 0.3 is 6.18 Å².